The molecule has 0 aromatic heterocycles. The average molecular weight is 274 g/mol. The van der Waals surface area contributed by atoms with E-state index >= 15 is 0 Å². The van der Waals surface area contributed by atoms with Crippen molar-refractivity contribution in [2.24, 2.45) is 5.92 Å². The van der Waals surface area contributed by atoms with Crippen molar-refractivity contribution in [2.75, 3.05) is 6.54 Å². The summed E-state index contributed by atoms with van der Waals surface area (Å²) in [5, 5.41) is 3.18. The third-order valence-corrected chi connectivity index (χ3v) is 2.60. The van der Waals surface area contributed by atoms with Crippen molar-refractivity contribution in [3.8, 4) is 0 Å². The molecule has 2 nitrogen and oxygen atoms in total. The topological polar surface area (TPSA) is 29.1 Å². The summed E-state index contributed by atoms with van der Waals surface area (Å²) in [5.41, 5.74) is 0.568. The fourth-order valence-corrected chi connectivity index (χ4v) is 1.82. The number of hydrogen-bond donors (Lipinski definition) is 1. The zero-order chi connectivity index (χ0) is 12.8. The van der Waals surface area contributed by atoms with Gasteiger partial charge in [-0.25, -0.2) is 4.39 Å². The van der Waals surface area contributed by atoms with Gasteiger partial charge in [0.2, 0.25) is 0 Å². The van der Waals surface area contributed by atoms with Crippen LogP contribution in [0.15, 0.2) is 24.3 Å². The third kappa shape index (κ3) is 5.15. The van der Waals surface area contributed by atoms with E-state index in [-0.39, 0.29) is 30.0 Å². The second-order valence-electron chi connectivity index (χ2n) is 4.61. The van der Waals surface area contributed by atoms with Gasteiger partial charge < -0.3 is 5.32 Å². The van der Waals surface area contributed by atoms with Gasteiger partial charge in [0.25, 0.3) is 0 Å². The molecule has 1 N–H and O–H groups in total. The minimum Gasteiger partial charge on any atom is -0.307 e. The number of hydrogen-bond acceptors (Lipinski definition) is 2. The van der Waals surface area contributed by atoms with Crippen LogP contribution in [-0.4, -0.2) is 18.4 Å². The Morgan fingerprint density at radius 2 is 1.83 bits per heavy atom. The van der Waals surface area contributed by atoms with Gasteiger partial charge in [-0.05, 0) is 43.1 Å². The summed E-state index contributed by atoms with van der Waals surface area (Å²) in [5.74, 6) is 0.175. The second-order valence-corrected chi connectivity index (χ2v) is 4.61. The van der Waals surface area contributed by atoms with Crippen molar-refractivity contribution in [1.82, 2.24) is 5.32 Å². The lowest BCUT2D eigenvalue weighted by Crippen LogP contribution is -2.37. The lowest BCUT2D eigenvalue weighted by Gasteiger charge is -2.18. The van der Waals surface area contributed by atoms with Gasteiger partial charge in [-0.1, -0.05) is 20.8 Å². The van der Waals surface area contributed by atoms with Gasteiger partial charge in [0, 0.05) is 5.56 Å². The maximum Gasteiger partial charge on any atom is 0.179 e. The SMILES string of the molecule is CCNC(CC(C)C)C(=O)c1ccc(F)cc1.Cl. The van der Waals surface area contributed by atoms with E-state index < -0.39 is 0 Å². The standard InChI is InChI=1S/C14H20FNO.ClH/c1-4-16-13(9-10(2)3)14(17)11-5-7-12(15)8-6-11;/h5-8,10,13,16H,4,9H2,1-3H3;1H. The normalized spacial score (nSPS) is 12.1. The van der Waals surface area contributed by atoms with Crippen molar-refractivity contribution in [2.45, 2.75) is 33.2 Å². The lowest BCUT2D eigenvalue weighted by atomic mass is 9.96. The molecule has 0 heterocycles. The van der Waals surface area contributed by atoms with Crippen molar-refractivity contribution in [3.63, 3.8) is 0 Å². The van der Waals surface area contributed by atoms with E-state index in [2.05, 4.69) is 19.2 Å². The highest BCUT2D eigenvalue weighted by Gasteiger charge is 2.19. The first-order chi connectivity index (χ1) is 8.04. The molecule has 0 aliphatic rings. The summed E-state index contributed by atoms with van der Waals surface area (Å²) in [7, 11) is 0. The summed E-state index contributed by atoms with van der Waals surface area (Å²) >= 11 is 0. The van der Waals surface area contributed by atoms with E-state index in [1.165, 1.54) is 12.1 Å². The fraction of sp³-hybridized carbons (Fsp3) is 0.500. The Labute approximate surface area is 114 Å². The summed E-state index contributed by atoms with van der Waals surface area (Å²) < 4.78 is 12.8. The maximum atomic E-state index is 12.8. The zero-order valence-electron chi connectivity index (χ0n) is 11.1. The Bertz CT molecular complexity index is 365. The molecule has 1 aromatic rings. The molecule has 0 saturated heterocycles. The molecule has 102 valence electrons. The van der Waals surface area contributed by atoms with Crippen molar-refractivity contribution >= 4 is 18.2 Å². The van der Waals surface area contributed by atoms with E-state index in [0.717, 1.165) is 13.0 Å². The van der Waals surface area contributed by atoms with Gasteiger partial charge in [-0.3, -0.25) is 4.79 Å². The van der Waals surface area contributed by atoms with Gasteiger partial charge >= 0.3 is 0 Å². The highest BCUT2D eigenvalue weighted by atomic mass is 35.5. The lowest BCUT2D eigenvalue weighted by molar-refractivity contribution is 0.0931. The van der Waals surface area contributed by atoms with Gasteiger partial charge in [-0.15, -0.1) is 12.4 Å². The monoisotopic (exact) mass is 273 g/mol. The molecule has 1 rings (SSSR count). The van der Waals surface area contributed by atoms with Crippen LogP contribution in [-0.2, 0) is 0 Å². The molecule has 4 heteroatoms. The predicted octanol–water partition coefficient (Wildman–Crippen LogP) is 3.45. The molecular weight excluding hydrogens is 253 g/mol. The molecule has 1 atom stereocenters. The van der Waals surface area contributed by atoms with Crippen LogP contribution in [0.5, 0.6) is 0 Å². The summed E-state index contributed by atoms with van der Waals surface area (Å²) in [4.78, 5) is 12.2. The minimum atomic E-state index is -0.314. The summed E-state index contributed by atoms with van der Waals surface area (Å²) in [6, 6.07) is 5.56. The van der Waals surface area contributed by atoms with E-state index in [1.54, 1.807) is 12.1 Å². The number of carbonyl (C=O) groups is 1. The molecule has 0 spiro atoms. The number of rotatable bonds is 6. The Hall–Kier alpha value is -0.930. The van der Waals surface area contributed by atoms with Crippen LogP contribution in [0.4, 0.5) is 4.39 Å². The fourth-order valence-electron chi connectivity index (χ4n) is 1.82. The van der Waals surface area contributed by atoms with Gasteiger partial charge in [-0.2, -0.15) is 0 Å². The molecule has 1 unspecified atom stereocenters. The van der Waals surface area contributed by atoms with Crippen LogP contribution in [0.1, 0.15) is 37.6 Å². The van der Waals surface area contributed by atoms with Crippen LogP contribution in [0.2, 0.25) is 0 Å². The Balaban J connectivity index is 0.00000289. The Morgan fingerprint density at radius 1 is 1.28 bits per heavy atom. The number of halogens is 2. The highest BCUT2D eigenvalue weighted by molar-refractivity contribution is 6.00. The van der Waals surface area contributed by atoms with Crippen molar-refractivity contribution in [3.05, 3.63) is 35.6 Å². The second kappa shape index (κ2) is 8.22. The summed E-state index contributed by atoms with van der Waals surface area (Å²) in [6.07, 6.45) is 0.796. The average Bonchev–Trinajstić information content (AvgIpc) is 2.28. The zero-order valence-corrected chi connectivity index (χ0v) is 11.9. The van der Waals surface area contributed by atoms with Crippen LogP contribution in [0.3, 0.4) is 0 Å². The number of ketones is 1. The van der Waals surface area contributed by atoms with Crippen LogP contribution < -0.4 is 5.32 Å². The van der Waals surface area contributed by atoms with E-state index in [9.17, 15) is 9.18 Å². The smallest absolute Gasteiger partial charge is 0.179 e. The van der Waals surface area contributed by atoms with Gasteiger partial charge in [0.05, 0.1) is 6.04 Å². The number of nitrogens with one attached hydrogen (secondary N) is 1. The quantitative estimate of drug-likeness (QED) is 0.805. The number of likely N-dealkylation sites (N-methyl/N-ethyl adjacent to an activating group) is 1. The van der Waals surface area contributed by atoms with Gasteiger partial charge in [0.1, 0.15) is 5.82 Å². The van der Waals surface area contributed by atoms with Crippen molar-refractivity contribution < 1.29 is 9.18 Å². The number of benzene rings is 1. The molecule has 1 aromatic carbocycles. The maximum absolute atomic E-state index is 12.8. The molecule has 0 bridgehead atoms. The van der Waals surface area contributed by atoms with Crippen LogP contribution in [0.25, 0.3) is 0 Å². The Kier molecular flexibility index (Phi) is 7.80. The van der Waals surface area contributed by atoms with E-state index in [1.807, 2.05) is 6.92 Å². The molecule has 18 heavy (non-hydrogen) atoms. The van der Waals surface area contributed by atoms with Crippen LogP contribution in [0, 0.1) is 11.7 Å². The van der Waals surface area contributed by atoms with E-state index in [4.69, 9.17) is 0 Å². The first-order valence-corrected chi connectivity index (χ1v) is 6.07. The molecule has 0 aliphatic carbocycles. The molecule has 0 fully saturated rings. The summed E-state index contributed by atoms with van der Waals surface area (Å²) in [6.45, 7) is 6.90. The van der Waals surface area contributed by atoms with Gasteiger partial charge in [0.15, 0.2) is 5.78 Å². The number of carbonyl (C=O) groups excluding carboxylic acids is 1. The predicted molar refractivity (Wildman–Crippen MR) is 74.9 cm³/mol. The first kappa shape index (κ1) is 17.1. The molecule has 0 saturated carbocycles. The minimum absolute atomic E-state index is 0. The molecule has 0 aliphatic heterocycles. The van der Waals surface area contributed by atoms with Crippen LogP contribution >= 0.6 is 12.4 Å². The highest BCUT2D eigenvalue weighted by Crippen LogP contribution is 2.12. The number of Topliss-reactive ketones (excluding diaryl/α,β-unsaturated/α-hetero) is 1. The molecule has 0 amide bonds. The first-order valence-electron chi connectivity index (χ1n) is 6.07. The molecule has 0 radical (unpaired) electrons. The van der Waals surface area contributed by atoms with E-state index in [0.29, 0.717) is 11.5 Å². The third-order valence-electron chi connectivity index (χ3n) is 2.60. The largest absolute Gasteiger partial charge is 0.307 e. The Morgan fingerprint density at radius 3 is 2.28 bits per heavy atom. The van der Waals surface area contributed by atoms with Crippen molar-refractivity contribution in [1.29, 1.82) is 0 Å². The molecular formula is C14H21ClFNO.